The van der Waals surface area contributed by atoms with Crippen molar-refractivity contribution in [3.63, 3.8) is 0 Å². The van der Waals surface area contributed by atoms with Crippen molar-refractivity contribution in [1.82, 2.24) is 15.1 Å². The predicted octanol–water partition coefficient (Wildman–Crippen LogP) is 0.526. The van der Waals surface area contributed by atoms with Crippen molar-refractivity contribution in [3.8, 4) is 5.75 Å². The van der Waals surface area contributed by atoms with Crippen LogP contribution in [0.15, 0.2) is 18.2 Å². The summed E-state index contributed by atoms with van der Waals surface area (Å²) in [4.78, 5) is 29.2. The number of para-hydroxylation sites is 1. The molecular weight excluding hydrogens is 320 g/mol. The highest BCUT2D eigenvalue weighted by Crippen LogP contribution is 2.34. The summed E-state index contributed by atoms with van der Waals surface area (Å²) in [5.74, 6) is 0.292. The molecule has 1 aromatic rings. The minimum absolute atomic E-state index is 0.0159. The number of amides is 2. The van der Waals surface area contributed by atoms with Crippen molar-refractivity contribution in [2.45, 2.75) is 25.5 Å². The number of benzene rings is 1. The van der Waals surface area contributed by atoms with Crippen LogP contribution in [0.5, 0.6) is 5.75 Å². The van der Waals surface area contributed by atoms with Gasteiger partial charge in [-0.15, -0.1) is 0 Å². The summed E-state index contributed by atoms with van der Waals surface area (Å²) in [7, 11) is 0. The predicted molar refractivity (Wildman–Crippen MR) is 93.9 cm³/mol. The molecule has 3 aliphatic rings. The molecule has 0 spiro atoms. The van der Waals surface area contributed by atoms with Crippen molar-refractivity contribution in [2.24, 2.45) is 0 Å². The molecule has 3 aliphatic heterocycles. The molecule has 0 bridgehead atoms. The summed E-state index contributed by atoms with van der Waals surface area (Å²) in [6.45, 7) is 7.32. The maximum atomic E-state index is 13.0. The van der Waals surface area contributed by atoms with Crippen molar-refractivity contribution >= 4 is 17.5 Å². The number of anilines is 1. The van der Waals surface area contributed by atoms with Crippen LogP contribution in [-0.4, -0.2) is 73.0 Å². The topological polar surface area (TPSA) is 73.9 Å². The zero-order chi connectivity index (χ0) is 17.4. The SMILES string of the molecule is CC1Oc2c(cccc2C(=O)N2CCC(N3CCNCC3)C2)NC1=O. The first-order chi connectivity index (χ1) is 12.1. The van der Waals surface area contributed by atoms with Gasteiger partial charge in [0.05, 0.1) is 11.3 Å². The number of nitrogens with one attached hydrogen (secondary N) is 2. The largest absolute Gasteiger partial charge is 0.478 e. The van der Waals surface area contributed by atoms with E-state index < -0.39 is 6.10 Å². The average Bonchev–Trinajstić information content (AvgIpc) is 3.12. The van der Waals surface area contributed by atoms with Gasteiger partial charge in [-0.2, -0.15) is 0 Å². The van der Waals surface area contributed by atoms with Crippen LogP contribution in [0.25, 0.3) is 0 Å². The second-order valence-electron chi connectivity index (χ2n) is 6.91. The van der Waals surface area contributed by atoms with E-state index in [0.29, 0.717) is 23.0 Å². The Balaban J connectivity index is 1.50. The molecule has 0 radical (unpaired) electrons. The van der Waals surface area contributed by atoms with Gasteiger partial charge in [0, 0.05) is 45.3 Å². The molecule has 7 nitrogen and oxygen atoms in total. The molecule has 7 heteroatoms. The number of likely N-dealkylation sites (tertiary alicyclic amines) is 1. The van der Waals surface area contributed by atoms with E-state index in [2.05, 4.69) is 15.5 Å². The molecule has 2 fully saturated rings. The van der Waals surface area contributed by atoms with Gasteiger partial charge in [-0.3, -0.25) is 14.5 Å². The summed E-state index contributed by atoms with van der Waals surface area (Å²) in [6, 6.07) is 5.77. The molecule has 2 atom stereocenters. The summed E-state index contributed by atoms with van der Waals surface area (Å²) in [5.41, 5.74) is 1.11. The number of nitrogens with zero attached hydrogens (tertiary/aromatic N) is 2. The van der Waals surface area contributed by atoms with Crippen LogP contribution in [-0.2, 0) is 4.79 Å². The summed E-state index contributed by atoms with van der Waals surface area (Å²) in [6.07, 6.45) is 0.419. The Hall–Kier alpha value is -2.12. The van der Waals surface area contributed by atoms with Gasteiger partial charge in [-0.1, -0.05) is 6.07 Å². The van der Waals surface area contributed by atoms with Gasteiger partial charge < -0.3 is 20.3 Å². The molecule has 0 saturated carbocycles. The Kier molecular flexibility index (Phi) is 4.35. The lowest BCUT2D eigenvalue weighted by Gasteiger charge is -2.32. The maximum absolute atomic E-state index is 13.0. The lowest BCUT2D eigenvalue weighted by Crippen LogP contribution is -2.49. The van der Waals surface area contributed by atoms with Crippen molar-refractivity contribution in [2.75, 3.05) is 44.6 Å². The van der Waals surface area contributed by atoms with Crippen LogP contribution in [0, 0.1) is 0 Å². The Bertz CT molecular complexity index is 687. The highest BCUT2D eigenvalue weighted by atomic mass is 16.5. The molecule has 0 aliphatic carbocycles. The second kappa shape index (κ2) is 6.65. The molecular formula is C18H24N4O3. The van der Waals surface area contributed by atoms with Gasteiger partial charge in [0.2, 0.25) is 0 Å². The third kappa shape index (κ3) is 3.09. The highest BCUT2D eigenvalue weighted by Gasteiger charge is 2.34. The number of ether oxygens (including phenoxy) is 1. The number of carbonyl (C=O) groups excluding carboxylic acids is 2. The number of carbonyl (C=O) groups is 2. The molecule has 0 aromatic heterocycles. The fraction of sp³-hybridized carbons (Fsp3) is 0.556. The van der Waals surface area contributed by atoms with Crippen LogP contribution in [0.4, 0.5) is 5.69 Å². The molecule has 3 heterocycles. The highest BCUT2D eigenvalue weighted by molar-refractivity contribution is 6.04. The molecule has 1 aromatic carbocycles. The fourth-order valence-electron chi connectivity index (χ4n) is 3.84. The van der Waals surface area contributed by atoms with Gasteiger partial charge in [-0.05, 0) is 25.5 Å². The van der Waals surface area contributed by atoms with E-state index >= 15 is 0 Å². The Morgan fingerprint density at radius 1 is 1.24 bits per heavy atom. The quantitative estimate of drug-likeness (QED) is 0.819. The summed E-state index contributed by atoms with van der Waals surface area (Å²) >= 11 is 0. The minimum atomic E-state index is -0.589. The first kappa shape index (κ1) is 16.4. The zero-order valence-electron chi connectivity index (χ0n) is 14.5. The van der Waals surface area contributed by atoms with Crippen molar-refractivity contribution < 1.29 is 14.3 Å². The van der Waals surface area contributed by atoms with E-state index in [4.69, 9.17) is 4.74 Å². The van der Waals surface area contributed by atoms with Gasteiger partial charge in [0.15, 0.2) is 11.9 Å². The first-order valence-corrected chi connectivity index (χ1v) is 8.98. The third-order valence-corrected chi connectivity index (χ3v) is 5.29. The Morgan fingerprint density at radius 2 is 2.04 bits per heavy atom. The van der Waals surface area contributed by atoms with E-state index in [1.54, 1.807) is 25.1 Å². The summed E-state index contributed by atoms with van der Waals surface area (Å²) < 4.78 is 5.72. The van der Waals surface area contributed by atoms with Crippen molar-refractivity contribution in [1.29, 1.82) is 0 Å². The summed E-state index contributed by atoms with van der Waals surface area (Å²) in [5, 5.41) is 6.17. The Labute approximate surface area is 147 Å². The third-order valence-electron chi connectivity index (χ3n) is 5.29. The molecule has 25 heavy (non-hydrogen) atoms. The Morgan fingerprint density at radius 3 is 2.84 bits per heavy atom. The monoisotopic (exact) mass is 344 g/mol. The van der Waals surface area contributed by atoms with E-state index in [0.717, 1.165) is 45.7 Å². The van der Waals surface area contributed by atoms with E-state index in [9.17, 15) is 9.59 Å². The van der Waals surface area contributed by atoms with Crippen LogP contribution in [0.1, 0.15) is 23.7 Å². The van der Waals surface area contributed by atoms with Gasteiger partial charge >= 0.3 is 0 Å². The lowest BCUT2D eigenvalue weighted by molar-refractivity contribution is -0.122. The number of piperazine rings is 1. The van der Waals surface area contributed by atoms with Gasteiger partial charge in [0.25, 0.3) is 11.8 Å². The van der Waals surface area contributed by atoms with Crippen LogP contribution < -0.4 is 15.4 Å². The molecule has 2 unspecified atom stereocenters. The maximum Gasteiger partial charge on any atom is 0.265 e. The molecule has 4 rings (SSSR count). The second-order valence-corrected chi connectivity index (χ2v) is 6.91. The molecule has 134 valence electrons. The normalized spacial score (nSPS) is 26.8. The smallest absolute Gasteiger partial charge is 0.265 e. The van der Waals surface area contributed by atoms with Gasteiger partial charge in [-0.25, -0.2) is 0 Å². The van der Waals surface area contributed by atoms with E-state index in [1.165, 1.54) is 0 Å². The molecule has 2 N–H and O–H groups in total. The van der Waals surface area contributed by atoms with E-state index in [1.807, 2.05) is 4.90 Å². The molecule has 2 amide bonds. The van der Waals surface area contributed by atoms with Crippen LogP contribution >= 0.6 is 0 Å². The van der Waals surface area contributed by atoms with Gasteiger partial charge in [0.1, 0.15) is 0 Å². The zero-order valence-corrected chi connectivity index (χ0v) is 14.5. The van der Waals surface area contributed by atoms with Crippen molar-refractivity contribution in [3.05, 3.63) is 23.8 Å². The van der Waals surface area contributed by atoms with Crippen LogP contribution in [0.2, 0.25) is 0 Å². The number of rotatable bonds is 2. The first-order valence-electron chi connectivity index (χ1n) is 8.98. The number of hydrogen-bond acceptors (Lipinski definition) is 5. The fourth-order valence-corrected chi connectivity index (χ4v) is 3.84. The van der Waals surface area contributed by atoms with E-state index in [-0.39, 0.29) is 11.8 Å². The van der Waals surface area contributed by atoms with Crippen LogP contribution in [0.3, 0.4) is 0 Å². The minimum Gasteiger partial charge on any atom is -0.478 e. The molecule has 2 saturated heterocycles. The number of fused-ring (bicyclic) bond motifs is 1. The lowest BCUT2D eigenvalue weighted by atomic mass is 10.1. The standard InChI is InChI=1S/C18H24N4O3/c1-12-17(23)20-15-4-2-3-14(16(15)25-12)18(24)22-8-5-13(11-22)21-9-6-19-7-10-21/h2-4,12-13,19H,5-11H2,1H3,(H,20,23). The average molecular weight is 344 g/mol. The number of hydrogen-bond donors (Lipinski definition) is 2.